The molecule has 0 unspecified atom stereocenters. The lowest BCUT2D eigenvalue weighted by molar-refractivity contribution is -0.116. The van der Waals surface area contributed by atoms with Crippen LogP contribution >= 0.6 is 0 Å². The lowest BCUT2D eigenvalue weighted by Crippen LogP contribution is -2.46. The summed E-state index contributed by atoms with van der Waals surface area (Å²) in [6, 6.07) is 3.85. The highest BCUT2D eigenvalue weighted by Crippen LogP contribution is 2.17. The van der Waals surface area contributed by atoms with Gasteiger partial charge < -0.3 is 20.9 Å². The van der Waals surface area contributed by atoms with Gasteiger partial charge in [0, 0.05) is 39.1 Å². The first kappa shape index (κ1) is 14.7. The highest BCUT2D eigenvalue weighted by molar-refractivity contribution is 5.89. The molecule has 1 fully saturated rings. The van der Waals surface area contributed by atoms with Crippen LogP contribution in [0, 0.1) is 0 Å². The lowest BCUT2D eigenvalue weighted by atomic mass is 10.2. The van der Waals surface area contributed by atoms with Crippen molar-refractivity contribution in [2.45, 2.75) is 13.3 Å². The van der Waals surface area contributed by atoms with Gasteiger partial charge in [-0.25, -0.2) is 4.98 Å². The molecule has 1 aromatic heterocycles. The maximum Gasteiger partial charge on any atom is 0.226 e. The molecule has 0 aliphatic carbocycles. The Kier molecular flexibility index (Phi) is 5.31. The van der Waals surface area contributed by atoms with Crippen molar-refractivity contribution in [1.82, 2.24) is 9.88 Å². The Bertz CT molecular complexity index is 426. The maximum absolute atomic E-state index is 11.4. The standard InChI is InChI=1S/C14H23N5O/c1-2-18-7-9-19(10-8-18)12-3-4-13(16-11-12)17-14(20)5-6-15/h3-4,11H,2,5-10,15H2,1H3,(H,16,17,20). The predicted octanol–water partition coefficient (Wildman–Crippen LogP) is 0.511. The molecule has 1 amide bonds. The van der Waals surface area contributed by atoms with E-state index in [2.05, 4.69) is 27.0 Å². The number of hydrogen-bond acceptors (Lipinski definition) is 5. The van der Waals surface area contributed by atoms with Crippen LogP contribution in [0.3, 0.4) is 0 Å². The third-order valence-electron chi connectivity index (χ3n) is 3.57. The second-order valence-electron chi connectivity index (χ2n) is 4.91. The summed E-state index contributed by atoms with van der Waals surface area (Å²) in [5.74, 6) is 0.490. The smallest absolute Gasteiger partial charge is 0.226 e. The van der Waals surface area contributed by atoms with Crippen LogP contribution in [0.4, 0.5) is 11.5 Å². The van der Waals surface area contributed by atoms with Gasteiger partial charge in [-0.2, -0.15) is 0 Å². The number of amides is 1. The van der Waals surface area contributed by atoms with E-state index in [9.17, 15) is 4.79 Å². The number of nitrogens with two attached hydrogens (primary N) is 1. The van der Waals surface area contributed by atoms with E-state index in [4.69, 9.17) is 5.73 Å². The number of carbonyl (C=O) groups is 1. The van der Waals surface area contributed by atoms with E-state index in [1.54, 1.807) is 0 Å². The Morgan fingerprint density at radius 3 is 2.65 bits per heavy atom. The molecule has 110 valence electrons. The third kappa shape index (κ3) is 3.91. The zero-order valence-electron chi connectivity index (χ0n) is 12.0. The molecule has 6 heteroatoms. The monoisotopic (exact) mass is 277 g/mol. The van der Waals surface area contributed by atoms with Crippen LogP contribution in [-0.4, -0.2) is 55.1 Å². The number of aromatic nitrogens is 1. The fraction of sp³-hybridized carbons (Fsp3) is 0.571. The summed E-state index contributed by atoms with van der Waals surface area (Å²) in [5.41, 5.74) is 6.44. The first-order valence-electron chi connectivity index (χ1n) is 7.16. The van der Waals surface area contributed by atoms with Crippen molar-refractivity contribution in [2.24, 2.45) is 5.73 Å². The van der Waals surface area contributed by atoms with Gasteiger partial charge in [0.2, 0.25) is 5.91 Å². The summed E-state index contributed by atoms with van der Waals surface area (Å²) >= 11 is 0. The minimum Gasteiger partial charge on any atom is -0.368 e. The Hall–Kier alpha value is -1.66. The molecule has 0 radical (unpaired) electrons. The number of pyridine rings is 1. The van der Waals surface area contributed by atoms with Crippen molar-refractivity contribution in [3.8, 4) is 0 Å². The van der Waals surface area contributed by atoms with Gasteiger partial charge in [0.25, 0.3) is 0 Å². The summed E-state index contributed by atoms with van der Waals surface area (Å²) in [5, 5.41) is 2.73. The van der Waals surface area contributed by atoms with Crippen molar-refractivity contribution in [1.29, 1.82) is 0 Å². The normalized spacial score (nSPS) is 16.2. The van der Waals surface area contributed by atoms with Crippen molar-refractivity contribution >= 4 is 17.4 Å². The van der Waals surface area contributed by atoms with E-state index < -0.39 is 0 Å². The third-order valence-corrected chi connectivity index (χ3v) is 3.57. The first-order chi connectivity index (χ1) is 9.72. The number of carbonyl (C=O) groups excluding carboxylic acids is 1. The van der Waals surface area contributed by atoms with Gasteiger partial charge in [-0.3, -0.25) is 4.79 Å². The number of anilines is 2. The summed E-state index contributed by atoms with van der Waals surface area (Å²) < 4.78 is 0. The molecule has 0 atom stereocenters. The zero-order valence-corrected chi connectivity index (χ0v) is 12.0. The fourth-order valence-electron chi connectivity index (χ4n) is 2.31. The minimum atomic E-state index is -0.0932. The van der Waals surface area contributed by atoms with Gasteiger partial charge in [-0.05, 0) is 18.7 Å². The highest BCUT2D eigenvalue weighted by Gasteiger charge is 2.16. The maximum atomic E-state index is 11.4. The molecule has 0 spiro atoms. The molecule has 1 saturated heterocycles. The number of likely N-dealkylation sites (N-methyl/N-ethyl adjacent to an activating group) is 1. The van der Waals surface area contributed by atoms with Crippen LogP contribution in [0.2, 0.25) is 0 Å². The molecule has 1 aliphatic rings. The molecule has 0 saturated carbocycles. The van der Waals surface area contributed by atoms with Crippen molar-refractivity contribution in [3.05, 3.63) is 18.3 Å². The zero-order chi connectivity index (χ0) is 14.4. The molecule has 3 N–H and O–H groups in total. The van der Waals surface area contributed by atoms with E-state index >= 15 is 0 Å². The van der Waals surface area contributed by atoms with Gasteiger partial charge >= 0.3 is 0 Å². The van der Waals surface area contributed by atoms with Crippen molar-refractivity contribution in [2.75, 3.05) is 49.5 Å². The molecule has 0 aromatic carbocycles. The molecular formula is C14H23N5O. The molecule has 6 nitrogen and oxygen atoms in total. The average molecular weight is 277 g/mol. The van der Waals surface area contributed by atoms with Crippen LogP contribution < -0.4 is 16.0 Å². The van der Waals surface area contributed by atoms with Gasteiger partial charge in [0.05, 0.1) is 11.9 Å². The van der Waals surface area contributed by atoms with E-state index in [1.807, 2.05) is 18.3 Å². The molecule has 20 heavy (non-hydrogen) atoms. The van der Waals surface area contributed by atoms with E-state index in [-0.39, 0.29) is 5.91 Å². The van der Waals surface area contributed by atoms with Crippen LogP contribution in [0.15, 0.2) is 18.3 Å². The predicted molar refractivity (Wildman–Crippen MR) is 80.9 cm³/mol. The quantitative estimate of drug-likeness (QED) is 0.820. The molecular weight excluding hydrogens is 254 g/mol. The Morgan fingerprint density at radius 2 is 2.10 bits per heavy atom. The summed E-state index contributed by atoms with van der Waals surface area (Å²) in [4.78, 5) is 20.5. The van der Waals surface area contributed by atoms with Crippen LogP contribution in [0.1, 0.15) is 13.3 Å². The molecule has 2 heterocycles. The number of rotatable bonds is 5. The van der Waals surface area contributed by atoms with E-state index in [0.29, 0.717) is 18.8 Å². The van der Waals surface area contributed by atoms with Crippen LogP contribution in [0.25, 0.3) is 0 Å². The summed E-state index contributed by atoms with van der Waals surface area (Å²) in [6.45, 7) is 7.87. The second kappa shape index (κ2) is 7.21. The summed E-state index contributed by atoms with van der Waals surface area (Å²) in [6.07, 6.45) is 2.14. The second-order valence-corrected chi connectivity index (χ2v) is 4.91. The topological polar surface area (TPSA) is 74.5 Å². The Morgan fingerprint density at radius 1 is 1.35 bits per heavy atom. The van der Waals surface area contributed by atoms with Crippen molar-refractivity contribution in [3.63, 3.8) is 0 Å². The van der Waals surface area contributed by atoms with Gasteiger partial charge in [-0.15, -0.1) is 0 Å². The van der Waals surface area contributed by atoms with Crippen LogP contribution in [-0.2, 0) is 4.79 Å². The SMILES string of the molecule is CCN1CCN(c2ccc(NC(=O)CCN)nc2)CC1. The first-order valence-corrected chi connectivity index (χ1v) is 7.16. The van der Waals surface area contributed by atoms with E-state index in [1.165, 1.54) is 0 Å². The number of nitrogens with zero attached hydrogens (tertiary/aromatic N) is 3. The number of piperazine rings is 1. The van der Waals surface area contributed by atoms with Crippen molar-refractivity contribution < 1.29 is 4.79 Å². The number of hydrogen-bond donors (Lipinski definition) is 2. The summed E-state index contributed by atoms with van der Waals surface area (Å²) in [7, 11) is 0. The minimum absolute atomic E-state index is 0.0932. The highest BCUT2D eigenvalue weighted by atomic mass is 16.1. The molecule has 2 rings (SSSR count). The molecule has 1 aromatic rings. The van der Waals surface area contributed by atoms with Gasteiger partial charge in [-0.1, -0.05) is 6.92 Å². The lowest BCUT2D eigenvalue weighted by Gasteiger charge is -2.35. The Balaban J connectivity index is 1.90. The molecule has 1 aliphatic heterocycles. The van der Waals surface area contributed by atoms with E-state index in [0.717, 1.165) is 38.4 Å². The molecule has 0 bridgehead atoms. The Labute approximate surface area is 120 Å². The average Bonchev–Trinajstić information content (AvgIpc) is 2.48. The largest absolute Gasteiger partial charge is 0.368 e. The fourth-order valence-corrected chi connectivity index (χ4v) is 2.31. The number of nitrogens with one attached hydrogen (secondary N) is 1. The van der Waals surface area contributed by atoms with Gasteiger partial charge in [0.1, 0.15) is 5.82 Å². The van der Waals surface area contributed by atoms with Gasteiger partial charge in [0.15, 0.2) is 0 Å². The van der Waals surface area contributed by atoms with Crippen LogP contribution in [0.5, 0.6) is 0 Å².